The summed E-state index contributed by atoms with van der Waals surface area (Å²) in [6.07, 6.45) is 5.77. The molecule has 1 aromatic heterocycles. The highest BCUT2D eigenvalue weighted by atomic mass is 16.5. The number of rotatable bonds is 5. The second kappa shape index (κ2) is 7.47. The number of methoxy groups -OCH3 is 1. The molecule has 152 valence electrons. The average molecular weight is 383 g/mol. The first-order valence-corrected chi connectivity index (χ1v) is 10.2. The fourth-order valence-corrected chi connectivity index (χ4v) is 5.26. The number of hydrogen-bond donors (Lipinski definition) is 0. The molecule has 0 amide bonds. The molecule has 1 fully saturated rings. The smallest absolute Gasteiger partial charge is 0.192 e. The minimum absolute atomic E-state index is 0.0121. The predicted molar refractivity (Wildman–Crippen MR) is 115 cm³/mol. The predicted octanol–water partition coefficient (Wildman–Crippen LogP) is 5.13. The number of pyridine rings is 1. The number of ketones is 1. The summed E-state index contributed by atoms with van der Waals surface area (Å²) in [6, 6.07) is 2.34. The lowest BCUT2D eigenvalue weighted by Gasteiger charge is -2.39. The van der Waals surface area contributed by atoms with Gasteiger partial charge in [-0.25, -0.2) is 0 Å². The Balaban J connectivity index is 1.98. The van der Waals surface area contributed by atoms with E-state index >= 15 is 0 Å². The number of aryl methyl sites for hydroxylation is 1. The van der Waals surface area contributed by atoms with E-state index in [0.29, 0.717) is 17.5 Å². The van der Waals surface area contributed by atoms with Crippen LogP contribution in [0.15, 0.2) is 35.1 Å². The summed E-state index contributed by atoms with van der Waals surface area (Å²) in [5.41, 5.74) is 5.93. The van der Waals surface area contributed by atoms with Gasteiger partial charge in [-0.05, 0) is 45.6 Å². The second-order valence-corrected chi connectivity index (χ2v) is 9.30. The van der Waals surface area contributed by atoms with E-state index in [-0.39, 0.29) is 17.3 Å². The minimum atomic E-state index is -0.0121. The van der Waals surface area contributed by atoms with Crippen molar-refractivity contribution in [2.45, 2.75) is 66.5 Å². The van der Waals surface area contributed by atoms with Gasteiger partial charge in [-0.3, -0.25) is 9.78 Å². The fraction of sp³-hybridized carbons (Fsp3) is 0.583. The third-order valence-electron chi connectivity index (χ3n) is 6.88. The first-order valence-electron chi connectivity index (χ1n) is 10.2. The van der Waals surface area contributed by atoms with E-state index in [9.17, 15) is 4.79 Å². The third kappa shape index (κ3) is 3.43. The van der Waals surface area contributed by atoms with Crippen LogP contribution in [0.1, 0.15) is 63.5 Å². The maximum atomic E-state index is 13.3. The summed E-state index contributed by atoms with van der Waals surface area (Å²) in [6.45, 7) is 13.0. The van der Waals surface area contributed by atoms with Crippen molar-refractivity contribution in [1.29, 1.82) is 0 Å². The number of ether oxygens (including phenoxy) is 1. The van der Waals surface area contributed by atoms with E-state index in [1.807, 2.05) is 13.0 Å². The molecule has 1 saturated carbocycles. The van der Waals surface area contributed by atoms with Gasteiger partial charge < -0.3 is 9.64 Å². The van der Waals surface area contributed by atoms with E-state index < -0.39 is 0 Å². The molecule has 1 aromatic rings. The molecule has 0 radical (unpaired) electrons. The number of allylic oxidation sites excluding steroid dienone is 4. The van der Waals surface area contributed by atoms with Crippen molar-refractivity contribution in [3.05, 3.63) is 46.3 Å². The zero-order valence-corrected chi connectivity index (χ0v) is 18.6. The van der Waals surface area contributed by atoms with E-state index in [2.05, 4.69) is 57.6 Å². The minimum Gasteiger partial charge on any atom is -0.381 e. The van der Waals surface area contributed by atoms with Crippen molar-refractivity contribution in [3.63, 3.8) is 0 Å². The van der Waals surface area contributed by atoms with Crippen LogP contribution in [0.4, 0.5) is 5.69 Å². The molecule has 3 rings (SSSR count). The summed E-state index contributed by atoms with van der Waals surface area (Å²) in [5.74, 6) is 0.569. The highest BCUT2D eigenvalue weighted by Crippen LogP contribution is 2.47. The normalized spacial score (nSPS) is 26.6. The largest absolute Gasteiger partial charge is 0.381 e. The van der Waals surface area contributed by atoms with Crippen molar-refractivity contribution in [3.8, 4) is 0 Å². The van der Waals surface area contributed by atoms with Gasteiger partial charge in [-0.2, -0.15) is 0 Å². The molecule has 1 unspecified atom stereocenters. The van der Waals surface area contributed by atoms with Crippen LogP contribution in [0.3, 0.4) is 0 Å². The quantitative estimate of drug-likeness (QED) is 0.663. The third-order valence-corrected chi connectivity index (χ3v) is 6.88. The van der Waals surface area contributed by atoms with Crippen LogP contribution in [0.2, 0.25) is 0 Å². The zero-order chi connectivity index (χ0) is 20.8. The van der Waals surface area contributed by atoms with Crippen LogP contribution in [0.5, 0.6) is 0 Å². The van der Waals surface area contributed by atoms with Gasteiger partial charge in [-0.15, -0.1) is 0 Å². The monoisotopic (exact) mass is 382 g/mol. The Morgan fingerprint density at radius 2 is 1.96 bits per heavy atom. The van der Waals surface area contributed by atoms with Crippen molar-refractivity contribution < 1.29 is 9.53 Å². The van der Waals surface area contributed by atoms with Gasteiger partial charge in [0.15, 0.2) is 5.78 Å². The topological polar surface area (TPSA) is 42.4 Å². The van der Waals surface area contributed by atoms with Crippen molar-refractivity contribution in [2.75, 3.05) is 19.1 Å². The van der Waals surface area contributed by atoms with Gasteiger partial charge in [0.25, 0.3) is 0 Å². The second-order valence-electron chi connectivity index (χ2n) is 9.30. The number of hydrogen-bond acceptors (Lipinski definition) is 4. The molecule has 0 aliphatic heterocycles. The van der Waals surface area contributed by atoms with Crippen molar-refractivity contribution >= 4 is 11.5 Å². The number of anilines is 1. The molecule has 0 saturated heterocycles. The lowest BCUT2D eigenvalue weighted by atomic mass is 9.83. The molecule has 0 spiro atoms. The highest BCUT2D eigenvalue weighted by molar-refractivity contribution is 6.13. The molecule has 4 heteroatoms. The molecule has 28 heavy (non-hydrogen) atoms. The van der Waals surface area contributed by atoms with Gasteiger partial charge in [0.05, 0.1) is 17.4 Å². The molecular formula is C24H34N2O2. The maximum absolute atomic E-state index is 13.3. The number of carbonyl (C=O) groups excluding carboxylic acids is 1. The Labute approximate surface area is 169 Å². The summed E-state index contributed by atoms with van der Waals surface area (Å²) in [7, 11) is 3.92. The Morgan fingerprint density at radius 3 is 2.50 bits per heavy atom. The molecule has 0 bridgehead atoms. The summed E-state index contributed by atoms with van der Waals surface area (Å²) in [5, 5.41) is 0. The van der Waals surface area contributed by atoms with Crippen LogP contribution < -0.4 is 4.90 Å². The molecule has 0 aromatic carbocycles. The number of nitrogens with zero attached hydrogens (tertiary/aromatic N) is 2. The molecule has 3 atom stereocenters. The van der Waals surface area contributed by atoms with Crippen molar-refractivity contribution in [1.82, 2.24) is 4.98 Å². The molecule has 0 N–H and O–H groups in total. The first-order chi connectivity index (χ1) is 13.1. The first kappa shape index (κ1) is 20.8. The number of carbonyl (C=O) groups is 1. The standard InChI is InChI=1S/C24H34N2O2/c1-14-9-18(10-15(14)2)22(27)19-13-25-17(4)12-20(19)26(7)21-11-16(3)23(28-8)24(21,5)6/h9,12-13,16,21,23H,10-11H2,1-8H3/t16?,21-,23-/m1/s1. The fourth-order valence-electron chi connectivity index (χ4n) is 5.26. The molecular weight excluding hydrogens is 348 g/mol. The number of aromatic nitrogens is 1. The number of Topliss-reactive ketones (excluding diaryl/α,β-unsaturated/α-hetero) is 1. The highest BCUT2D eigenvalue weighted by Gasteiger charge is 2.49. The zero-order valence-electron chi connectivity index (χ0n) is 18.6. The summed E-state index contributed by atoms with van der Waals surface area (Å²) >= 11 is 0. The van der Waals surface area contributed by atoms with Gasteiger partial charge in [-0.1, -0.05) is 38.0 Å². The molecule has 2 aliphatic rings. The summed E-state index contributed by atoms with van der Waals surface area (Å²) < 4.78 is 5.84. The Kier molecular flexibility index (Phi) is 5.55. The van der Waals surface area contributed by atoms with Gasteiger partial charge >= 0.3 is 0 Å². The molecule has 4 nitrogen and oxygen atoms in total. The Hall–Kier alpha value is -1.94. The van der Waals surface area contributed by atoms with E-state index in [0.717, 1.165) is 29.8 Å². The Morgan fingerprint density at radius 1 is 1.29 bits per heavy atom. The maximum Gasteiger partial charge on any atom is 0.192 e. The van der Waals surface area contributed by atoms with Gasteiger partial charge in [0.2, 0.25) is 0 Å². The lowest BCUT2D eigenvalue weighted by Crippen LogP contribution is -2.44. The summed E-state index contributed by atoms with van der Waals surface area (Å²) in [4.78, 5) is 20.1. The van der Waals surface area contributed by atoms with Crippen molar-refractivity contribution in [2.24, 2.45) is 11.3 Å². The van der Waals surface area contributed by atoms with Crippen LogP contribution in [0.25, 0.3) is 0 Å². The van der Waals surface area contributed by atoms with Crippen LogP contribution in [-0.2, 0) is 4.74 Å². The van der Waals surface area contributed by atoms with E-state index in [1.54, 1.807) is 13.3 Å². The van der Waals surface area contributed by atoms with E-state index in [1.165, 1.54) is 11.1 Å². The Bertz CT molecular complexity index is 850. The SMILES string of the molecule is CO[C@@H]1C(C)C[C@@H](N(C)c2cc(C)ncc2C(=O)C2=CC(C)=C(C)C2)C1(C)C. The average Bonchev–Trinajstić information content (AvgIpc) is 3.08. The van der Waals surface area contributed by atoms with Crippen LogP contribution in [-0.4, -0.2) is 37.1 Å². The molecule has 2 aliphatic carbocycles. The van der Waals surface area contributed by atoms with Crippen LogP contribution >= 0.6 is 0 Å². The lowest BCUT2D eigenvalue weighted by molar-refractivity contribution is 0.00214. The van der Waals surface area contributed by atoms with Gasteiger partial charge in [0, 0.05) is 43.1 Å². The van der Waals surface area contributed by atoms with Gasteiger partial charge in [0.1, 0.15) is 0 Å². The molecule has 1 heterocycles. The van der Waals surface area contributed by atoms with E-state index in [4.69, 9.17) is 4.74 Å². The van der Waals surface area contributed by atoms with Crippen LogP contribution in [0, 0.1) is 18.3 Å².